The molecule has 18 heteroatoms. The van der Waals surface area contributed by atoms with Crippen LogP contribution in [0.25, 0.3) is 0 Å². The summed E-state index contributed by atoms with van der Waals surface area (Å²) >= 11 is 6.62. The zero-order valence-electron chi connectivity index (χ0n) is 40.6. The van der Waals surface area contributed by atoms with E-state index in [1.807, 2.05) is 12.3 Å². The topological polar surface area (TPSA) is 169 Å². The van der Waals surface area contributed by atoms with Crippen molar-refractivity contribution in [3.05, 3.63) is 268 Å². The first-order chi connectivity index (χ1) is 34.0. The van der Waals surface area contributed by atoms with Gasteiger partial charge in [-0.1, -0.05) is 109 Å². The van der Waals surface area contributed by atoms with Gasteiger partial charge in [-0.3, -0.25) is 0 Å². The molecule has 0 amide bonds. The Morgan fingerprint density at radius 1 is 0.446 bits per heavy atom. The molecule has 0 bridgehead atoms. The van der Waals surface area contributed by atoms with Gasteiger partial charge in [-0.25, -0.2) is 0 Å². The van der Waals surface area contributed by atoms with Crippen LogP contribution in [0.5, 0.6) is 0 Å². The van der Waals surface area contributed by atoms with Crippen LogP contribution in [0.4, 0.5) is 5.69 Å². The minimum absolute atomic E-state index is 0. The van der Waals surface area contributed by atoms with E-state index >= 15 is 0 Å². The third-order valence-electron chi connectivity index (χ3n) is 10.9. The summed E-state index contributed by atoms with van der Waals surface area (Å²) in [5.41, 5.74) is 3.66. The van der Waals surface area contributed by atoms with Crippen LogP contribution in [-0.2, 0) is 52.9 Å². The molecule has 0 aliphatic rings. The van der Waals surface area contributed by atoms with Crippen LogP contribution in [0.3, 0.4) is 0 Å². The number of hydrogen-bond donors (Lipinski definition) is 1. The maximum Gasteiger partial charge on any atom is -0.0134 e. The fourth-order valence-electron chi connectivity index (χ4n) is 7.13. The number of hydrogen-bond acceptors (Lipinski definition) is 10. The molecule has 0 atom stereocenters. The molecule has 0 fully saturated rings. The summed E-state index contributed by atoms with van der Waals surface area (Å²) in [7, 11) is -9.76. The number of nitrogens with one attached hydrogen (secondary N) is 1. The molecule has 8 aromatic rings. The van der Waals surface area contributed by atoms with Crippen molar-refractivity contribution < 1.29 is 101 Å². The Bertz CT molecular complexity index is 2630. The van der Waals surface area contributed by atoms with E-state index in [1.165, 1.54) is 27.0 Å². The first-order valence-corrected chi connectivity index (χ1v) is 32.4. The van der Waals surface area contributed by atoms with Crippen LogP contribution in [0.2, 0.25) is 0 Å². The summed E-state index contributed by atoms with van der Waals surface area (Å²) in [6.45, 7) is 11.9. The standard InChI is InChI=1S/C18H15P.2C14H14ClO4P.C10H13NS2.2Au/c1-4-10-16(11-5-1)19(17-12-6-2-7-13-17)18-14-8-3-9-15-18;2*1-20(2,19-15(16,17)18,13-9-5-3-6-10-13)14-11-7-4-8-12-14;1-7-4-5-9(6-8(7)2)11-10(12)13-3;;/h1-15H;2*3-12H,1-2H2;4-6H,1-3H3,(H,11,12);;/q;2*-2;;;. The number of rotatable bonds is 12. The third-order valence-corrected chi connectivity index (χ3v) is 24.4. The number of benzene rings is 8. The molecule has 74 heavy (non-hydrogen) atoms. The van der Waals surface area contributed by atoms with Crippen molar-refractivity contribution in [1.29, 1.82) is 0 Å². The largest absolute Gasteiger partial charge is 0.0622 e. The Morgan fingerprint density at radius 2 is 0.703 bits per heavy atom. The number of aryl methyl sites for hydroxylation is 2. The quantitative estimate of drug-likeness (QED) is 0.0659. The summed E-state index contributed by atoms with van der Waals surface area (Å²) in [6, 6.07) is 72.7. The second-order valence-corrected chi connectivity index (χ2v) is 30.3. The van der Waals surface area contributed by atoms with Gasteiger partial charge in [-0.05, 0) is 67.2 Å². The Balaban J connectivity index is 0.000000261. The molecular formula is C56H56Au2Cl2NO8P3S2-4. The van der Waals surface area contributed by atoms with Crippen molar-refractivity contribution in [2.75, 3.05) is 11.6 Å². The normalized spacial score (nSPS) is 12.3. The molecule has 0 saturated carbocycles. The summed E-state index contributed by atoms with van der Waals surface area (Å²) < 4.78 is 77.4. The van der Waals surface area contributed by atoms with Crippen LogP contribution >= 0.6 is 45.6 Å². The van der Waals surface area contributed by atoms with Gasteiger partial charge in [0, 0.05) is 50.4 Å². The van der Waals surface area contributed by atoms with Crippen molar-refractivity contribution in [3.8, 4) is 0 Å². The molecule has 400 valence electrons. The second kappa shape index (κ2) is 29.1. The molecule has 0 saturated heterocycles. The molecule has 8 aromatic carbocycles. The van der Waals surface area contributed by atoms with E-state index in [2.05, 4.69) is 149 Å². The fraction of sp³-hybridized carbons (Fsp3) is 0.0536. The molecule has 1 N–H and O–H groups in total. The molecule has 2 radical (unpaired) electrons. The van der Waals surface area contributed by atoms with E-state index in [4.69, 9.17) is 20.4 Å². The zero-order valence-corrected chi connectivity index (χ0v) is 50.7. The van der Waals surface area contributed by atoms with Gasteiger partial charge in [0.15, 0.2) is 0 Å². The molecule has 8 rings (SSSR count). The van der Waals surface area contributed by atoms with Gasteiger partial charge in [0.1, 0.15) is 4.32 Å². The number of anilines is 1. The summed E-state index contributed by atoms with van der Waals surface area (Å²) in [5.74, 6) is 0. The first kappa shape index (κ1) is 65.3. The van der Waals surface area contributed by atoms with E-state index in [0.29, 0.717) is 21.2 Å². The van der Waals surface area contributed by atoms with E-state index in [-0.39, 0.29) is 44.8 Å². The van der Waals surface area contributed by atoms with Gasteiger partial charge in [-0.15, -0.1) is 11.8 Å². The molecule has 0 aliphatic carbocycles. The van der Waals surface area contributed by atoms with Crippen LogP contribution in [0, 0.1) is 61.0 Å². The van der Waals surface area contributed by atoms with Crippen LogP contribution < -0.4 is 70.4 Å². The van der Waals surface area contributed by atoms with E-state index in [9.17, 15) is 28.0 Å². The summed E-state index contributed by atoms with van der Waals surface area (Å²) in [5, 5.41) is 9.28. The smallest absolute Gasteiger partial charge is 0.0134 e. The number of halogens is 2. The van der Waals surface area contributed by atoms with Gasteiger partial charge >= 0.3 is 239 Å². The number of thiocarbonyl (C=S) groups is 1. The minimum Gasteiger partial charge on any atom is -0.0622 e. The Hall–Kier alpha value is -2.97. The molecule has 0 heterocycles. The summed E-state index contributed by atoms with van der Waals surface area (Å²) in [6.07, 6.45) is 1.97. The minimum atomic E-state index is -4.66. The van der Waals surface area contributed by atoms with E-state index in [0.717, 1.165) is 10.0 Å². The molecule has 0 aliphatic heterocycles. The second-order valence-electron chi connectivity index (χ2n) is 16.3. The van der Waals surface area contributed by atoms with Crippen molar-refractivity contribution in [1.82, 2.24) is 0 Å². The van der Waals surface area contributed by atoms with Crippen molar-refractivity contribution in [2.45, 2.75) is 13.8 Å². The fourth-order valence-corrected chi connectivity index (χ4v) is 18.4. The van der Waals surface area contributed by atoms with Gasteiger partial charge in [0.25, 0.3) is 0 Å². The average molecular weight is 1490 g/mol. The zero-order chi connectivity index (χ0) is 52.5. The van der Waals surface area contributed by atoms with Crippen LogP contribution in [-0.4, -0.2) is 10.6 Å². The monoisotopic (exact) mass is 1490 g/mol. The van der Waals surface area contributed by atoms with Gasteiger partial charge in [-0.2, -0.15) is 0 Å². The molecule has 9 nitrogen and oxygen atoms in total. The Morgan fingerprint density at radius 3 is 0.932 bits per heavy atom. The van der Waals surface area contributed by atoms with Crippen LogP contribution in [0.15, 0.2) is 231 Å². The van der Waals surface area contributed by atoms with E-state index < -0.39 is 42.1 Å². The van der Waals surface area contributed by atoms with Gasteiger partial charge < -0.3 is 5.32 Å². The number of thioether (sulfide) groups is 1. The van der Waals surface area contributed by atoms with Gasteiger partial charge in [0.2, 0.25) is 0 Å². The SMILES string of the molecule is CSC(=S)Nc1ccc(C)c(C)c1.[Au].[Au].[CH2-]P([CH2-])(O[Cl+3]([O-])([O-])[O-])(c1ccccc1)c1ccccc1.[CH2-]P([CH2-])(O[Cl+3]([O-])([O-])[O-])(c1ccccc1)c1ccccc1.c1ccc(P(c2ccccc2)c2ccccc2)cc1. The first-order valence-electron chi connectivity index (χ1n) is 21.9. The Labute approximate surface area is 483 Å². The molecule has 0 spiro atoms. The van der Waals surface area contributed by atoms with Crippen molar-refractivity contribution >= 4 is 92.7 Å². The molecular weight excluding hydrogens is 1440 g/mol. The van der Waals surface area contributed by atoms with Crippen LogP contribution in [0.1, 0.15) is 11.1 Å². The third kappa shape index (κ3) is 18.9. The van der Waals surface area contributed by atoms with Gasteiger partial charge in [0.05, 0.1) is 0 Å². The predicted octanol–water partition coefficient (Wildman–Crippen LogP) is 6.01. The Kier molecular flexibility index (Phi) is 25.7. The predicted molar refractivity (Wildman–Crippen MR) is 293 cm³/mol. The molecule has 0 aromatic heterocycles. The maximum absolute atomic E-state index is 11.1. The summed E-state index contributed by atoms with van der Waals surface area (Å²) in [4.78, 5) is 0. The van der Waals surface area contributed by atoms with Crippen molar-refractivity contribution in [3.63, 3.8) is 0 Å². The average Bonchev–Trinajstić information content (AvgIpc) is 3.37. The van der Waals surface area contributed by atoms with Crippen molar-refractivity contribution in [2.24, 2.45) is 0 Å². The molecule has 0 unspecified atom stereocenters. The maximum atomic E-state index is 11.1. The van der Waals surface area contributed by atoms with E-state index in [1.54, 1.807) is 133 Å².